The summed E-state index contributed by atoms with van der Waals surface area (Å²) in [7, 11) is -3.40. The number of carboxylic acid groups (broad SMARTS) is 1. The van der Waals surface area contributed by atoms with Crippen LogP contribution < -0.4 is 0 Å². The number of carboxylic acids is 1. The fraction of sp³-hybridized carbons (Fsp3) is 0.167. The molecule has 0 atom stereocenters. The number of para-hydroxylation sites is 1. The monoisotopic (exact) mass is 280 g/mol. The van der Waals surface area contributed by atoms with E-state index in [0.29, 0.717) is 5.69 Å². The molecule has 1 aromatic carbocycles. The molecule has 0 saturated heterocycles. The molecule has 1 heterocycles. The molecule has 7 heteroatoms. The van der Waals surface area contributed by atoms with Crippen molar-refractivity contribution in [1.82, 2.24) is 9.78 Å². The minimum absolute atomic E-state index is 0.00343. The van der Waals surface area contributed by atoms with Gasteiger partial charge in [0.05, 0.1) is 28.1 Å². The Morgan fingerprint density at radius 3 is 2.63 bits per heavy atom. The SMILES string of the molecule is CCS(=O)(=O)c1ccccc1-n1cc(C(=O)O)cn1. The lowest BCUT2D eigenvalue weighted by molar-refractivity contribution is 0.0697. The summed E-state index contributed by atoms with van der Waals surface area (Å²) in [6.45, 7) is 1.55. The zero-order chi connectivity index (χ0) is 14.0. The van der Waals surface area contributed by atoms with Crippen molar-refractivity contribution in [3.8, 4) is 5.69 Å². The van der Waals surface area contributed by atoms with Gasteiger partial charge >= 0.3 is 5.97 Å². The van der Waals surface area contributed by atoms with Crippen LogP contribution in [0.4, 0.5) is 0 Å². The highest BCUT2D eigenvalue weighted by Crippen LogP contribution is 2.20. The van der Waals surface area contributed by atoms with Gasteiger partial charge in [-0.25, -0.2) is 17.9 Å². The summed E-state index contributed by atoms with van der Waals surface area (Å²) >= 11 is 0. The standard InChI is InChI=1S/C12H12N2O4S/c1-2-19(17,18)11-6-4-3-5-10(11)14-8-9(7-13-14)12(15)16/h3-8H,2H2,1H3,(H,15,16). The molecule has 2 rings (SSSR count). The van der Waals surface area contributed by atoms with E-state index < -0.39 is 15.8 Å². The molecule has 0 bridgehead atoms. The van der Waals surface area contributed by atoms with Gasteiger partial charge < -0.3 is 5.11 Å². The Labute approximate surface area is 110 Å². The lowest BCUT2D eigenvalue weighted by atomic mass is 10.3. The van der Waals surface area contributed by atoms with Crippen LogP contribution in [0, 0.1) is 0 Å². The predicted octanol–water partition coefficient (Wildman–Crippen LogP) is 1.36. The summed E-state index contributed by atoms with van der Waals surface area (Å²) in [5.74, 6) is -1.14. The number of sulfone groups is 1. The van der Waals surface area contributed by atoms with Crippen LogP contribution in [-0.2, 0) is 9.84 Å². The van der Waals surface area contributed by atoms with Crippen LogP contribution in [0.25, 0.3) is 5.69 Å². The summed E-state index contributed by atoms with van der Waals surface area (Å²) in [6, 6.07) is 6.36. The second-order valence-corrected chi connectivity index (χ2v) is 6.10. The molecule has 0 amide bonds. The van der Waals surface area contributed by atoms with E-state index in [2.05, 4.69) is 5.10 Å². The van der Waals surface area contributed by atoms with E-state index in [1.807, 2.05) is 0 Å². The van der Waals surface area contributed by atoms with Crippen molar-refractivity contribution in [2.24, 2.45) is 0 Å². The van der Waals surface area contributed by atoms with Crippen molar-refractivity contribution in [2.45, 2.75) is 11.8 Å². The summed E-state index contributed by atoms with van der Waals surface area (Å²) in [5, 5.41) is 12.7. The third kappa shape index (κ3) is 2.50. The average Bonchev–Trinajstić information content (AvgIpc) is 2.88. The van der Waals surface area contributed by atoms with Gasteiger partial charge in [0.2, 0.25) is 0 Å². The minimum atomic E-state index is -3.40. The molecule has 1 N–H and O–H groups in total. The van der Waals surface area contributed by atoms with Crippen molar-refractivity contribution in [3.63, 3.8) is 0 Å². The zero-order valence-electron chi connectivity index (χ0n) is 10.1. The van der Waals surface area contributed by atoms with Crippen molar-refractivity contribution < 1.29 is 18.3 Å². The molecule has 100 valence electrons. The highest BCUT2D eigenvalue weighted by atomic mass is 32.2. The molecule has 0 aliphatic heterocycles. The van der Waals surface area contributed by atoms with E-state index >= 15 is 0 Å². The Bertz CT molecular complexity index is 719. The van der Waals surface area contributed by atoms with Gasteiger partial charge in [0.25, 0.3) is 0 Å². The van der Waals surface area contributed by atoms with Crippen molar-refractivity contribution >= 4 is 15.8 Å². The molecule has 0 saturated carbocycles. The van der Waals surface area contributed by atoms with Gasteiger partial charge in [-0.2, -0.15) is 5.10 Å². The smallest absolute Gasteiger partial charge is 0.338 e. The van der Waals surface area contributed by atoms with E-state index in [4.69, 9.17) is 5.11 Å². The van der Waals surface area contributed by atoms with Crippen LogP contribution in [0.2, 0.25) is 0 Å². The molecule has 0 radical (unpaired) electrons. The number of nitrogens with zero attached hydrogens (tertiary/aromatic N) is 2. The van der Waals surface area contributed by atoms with Gasteiger partial charge in [0.1, 0.15) is 0 Å². The van der Waals surface area contributed by atoms with Crippen molar-refractivity contribution in [2.75, 3.05) is 5.75 Å². The van der Waals surface area contributed by atoms with Crippen LogP contribution in [0.15, 0.2) is 41.6 Å². The third-order valence-corrected chi connectivity index (χ3v) is 4.43. The van der Waals surface area contributed by atoms with Crippen LogP contribution in [-0.4, -0.2) is 35.0 Å². The Hall–Kier alpha value is -2.15. The normalized spacial score (nSPS) is 11.4. The molecule has 1 aromatic heterocycles. The summed E-state index contributed by atoms with van der Waals surface area (Å²) in [6.07, 6.45) is 2.46. The minimum Gasteiger partial charge on any atom is -0.478 e. The second-order valence-electron chi connectivity index (χ2n) is 3.85. The van der Waals surface area contributed by atoms with E-state index in [0.717, 1.165) is 0 Å². The van der Waals surface area contributed by atoms with Gasteiger partial charge in [-0.05, 0) is 12.1 Å². The molecule has 2 aromatic rings. The Morgan fingerprint density at radius 2 is 2.05 bits per heavy atom. The first-order valence-corrected chi connectivity index (χ1v) is 7.21. The first-order chi connectivity index (χ1) is 8.95. The van der Waals surface area contributed by atoms with Crippen molar-refractivity contribution in [3.05, 3.63) is 42.2 Å². The Kier molecular flexibility index (Phi) is 3.39. The molecule has 0 fully saturated rings. The summed E-state index contributed by atoms with van der Waals surface area (Å²) in [5.41, 5.74) is 0.348. The maximum Gasteiger partial charge on any atom is 0.338 e. The maximum atomic E-state index is 12.0. The molecule has 0 unspecified atom stereocenters. The maximum absolute atomic E-state index is 12.0. The lowest BCUT2D eigenvalue weighted by Crippen LogP contribution is -2.09. The van der Waals surface area contributed by atoms with Crippen LogP contribution >= 0.6 is 0 Å². The molecule has 0 aliphatic carbocycles. The van der Waals surface area contributed by atoms with Gasteiger partial charge in [-0.1, -0.05) is 19.1 Å². The number of aromatic carboxylic acids is 1. The second kappa shape index (κ2) is 4.85. The Morgan fingerprint density at radius 1 is 1.37 bits per heavy atom. The molecule has 6 nitrogen and oxygen atoms in total. The van der Waals surface area contributed by atoms with Crippen LogP contribution in [0.3, 0.4) is 0 Å². The van der Waals surface area contributed by atoms with Gasteiger partial charge in [0.15, 0.2) is 9.84 Å². The van der Waals surface area contributed by atoms with E-state index in [1.54, 1.807) is 25.1 Å². The van der Waals surface area contributed by atoms with Crippen LogP contribution in [0.5, 0.6) is 0 Å². The number of rotatable bonds is 4. The van der Waals surface area contributed by atoms with Gasteiger partial charge in [0, 0.05) is 6.20 Å². The average molecular weight is 280 g/mol. The first-order valence-electron chi connectivity index (χ1n) is 5.56. The summed E-state index contributed by atoms with van der Waals surface area (Å²) < 4.78 is 25.2. The van der Waals surface area contributed by atoms with E-state index in [9.17, 15) is 13.2 Å². The van der Waals surface area contributed by atoms with Gasteiger partial charge in [-0.3, -0.25) is 0 Å². The molecule has 19 heavy (non-hydrogen) atoms. The van der Waals surface area contributed by atoms with Crippen molar-refractivity contribution in [1.29, 1.82) is 0 Å². The fourth-order valence-electron chi connectivity index (χ4n) is 1.63. The molecular weight excluding hydrogens is 268 g/mol. The quantitative estimate of drug-likeness (QED) is 0.913. The summed E-state index contributed by atoms with van der Waals surface area (Å²) in [4.78, 5) is 10.9. The van der Waals surface area contributed by atoms with E-state index in [1.165, 1.54) is 23.1 Å². The Balaban J connectivity index is 2.59. The van der Waals surface area contributed by atoms with Gasteiger partial charge in [-0.15, -0.1) is 0 Å². The first kappa shape index (κ1) is 13.3. The lowest BCUT2D eigenvalue weighted by Gasteiger charge is -2.08. The zero-order valence-corrected chi connectivity index (χ0v) is 11.0. The van der Waals surface area contributed by atoms with E-state index in [-0.39, 0.29) is 16.2 Å². The molecule has 0 spiro atoms. The fourth-order valence-corrected chi connectivity index (χ4v) is 2.71. The number of carbonyl (C=O) groups is 1. The third-order valence-electron chi connectivity index (χ3n) is 2.66. The largest absolute Gasteiger partial charge is 0.478 e. The highest BCUT2D eigenvalue weighted by molar-refractivity contribution is 7.91. The molecular formula is C12H12N2O4S. The number of aromatic nitrogens is 2. The number of hydrogen-bond donors (Lipinski definition) is 1. The molecule has 0 aliphatic rings. The number of hydrogen-bond acceptors (Lipinski definition) is 4. The topological polar surface area (TPSA) is 89.3 Å². The predicted molar refractivity (Wildman–Crippen MR) is 68.3 cm³/mol. The highest BCUT2D eigenvalue weighted by Gasteiger charge is 2.18. The van der Waals surface area contributed by atoms with Crippen LogP contribution in [0.1, 0.15) is 17.3 Å². The number of benzene rings is 1.